The van der Waals surface area contributed by atoms with Crippen LogP contribution in [-0.2, 0) is 4.84 Å². The fourth-order valence-corrected chi connectivity index (χ4v) is 1.61. The summed E-state index contributed by atoms with van der Waals surface area (Å²) in [5, 5.41) is 3.10. The van der Waals surface area contributed by atoms with E-state index < -0.39 is 6.03 Å². The minimum atomic E-state index is -0.418. The molecule has 0 aliphatic carbocycles. The molecule has 1 aromatic rings. The van der Waals surface area contributed by atoms with Crippen LogP contribution < -0.4 is 10.8 Å². The van der Waals surface area contributed by atoms with Crippen LogP contribution in [0.2, 0.25) is 5.02 Å². The van der Waals surface area contributed by atoms with E-state index >= 15 is 0 Å². The summed E-state index contributed by atoms with van der Waals surface area (Å²) in [7, 11) is 0. The molecule has 0 saturated carbocycles. The zero-order valence-electron chi connectivity index (χ0n) is 10.5. The van der Waals surface area contributed by atoms with Gasteiger partial charge in [-0.05, 0) is 18.6 Å². The van der Waals surface area contributed by atoms with Gasteiger partial charge in [0.1, 0.15) is 0 Å². The first-order valence-electron chi connectivity index (χ1n) is 6.17. The average molecular weight is 271 g/mol. The number of hydroxylamine groups is 1. The van der Waals surface area contributed by atoms with E-state index in [2.05, 4.69) is 17.7 Å². The highest BCUT2D eigenvalue weighted by atomic mass is 35.5. The molecule has 0 heterocycles. The lowest BCUT2D eigenvalue weighted by Gasteiger charge is -2.08. The smallest absolute Gasteiger partial charge is 0.305 e. The van der Waals surface area contributed by atoms with E-state index in [1.165, 1.54) is 12.8 Å². The molecule has 0 atom stereocenters. The summed E-state index contributed by atoms with van der Waals surface area (Å²) < 4.78 is 0. The van der Waals surface area contributed by atoms with Gasteiger partial charge in [0.25, 0.3) is 0 Å². The van der Waals surface area contributed by atoms with Crippen LogP contribution in [0.3, 0.4) is 0 Å². The van der Waals surface area contributed by atoms with Crippen molar-refractivity contribution in [2.75, 3.05) is 11.9 Å². The molecule has 2 amide bonds. The number of hydrogen-bond donors (Lipinski definition) is 2. The van der Waals surface area contributed by atoms with Gasteiger partial charge in [0.15, 0.2) is 0 Å². The molecule has 0 unspecified atom stereocenters. The zero-order valence-corrected chi connectivity index (χ0v) is 11.3. The van der Waals surface area contributed by atoms with E-state index in [1.54, 1.807) is 24.3 Å². The molecule has 1 rings (SSSR count). The first-order chi connectivity index (χ1) is 8.74. The molecule has 0 radical (unpaired) electrons. The highest BCUT2D eigenvalue weighted by Crippen LogP contribution is 2.19. The zero-order chi connectivity index (χ0) is 13.2. The molecule has 100 valence electrons. The van der Waals surface area contributed by atoms with Crippen LogP contribution in [0.25, 0.3) is 0 Å². The maximum absolute atomic E-state index is 11.4. The third kappa shape index (κ3) is 5.89. The van der Waals surface area contributed by atoms with Gasteiger partial charge in [0.2, 0.25) is 0 Å². The van der Waals surface area contributed by atoms with Crippen molar-refractivity contribution in [3.05, 3.63) is 29.3 Å². The number of halogens is 1. The SMILES string of the molecule is CCCCCCONC(=O)Nc1ccccc1Cl. The van der Waals surface area contributed by atoms with Crippen molar-refractivity contribution in [3.63, 3.8) is 0 Å². The number of para-hydroxylation sites is 1. The molecule has 5 heteroatoms. The lowest BCUT2D eigenvalue weighted by atomic mass is 10.2. The number of nitrogens with one attached hydrogen (secondary N) is 2. The predicted molar refractivity (Wildman–Crippen MR) is 73.7 cm³/mol. The van der Waals surface area contributed by atoms with Gasteiger partial charge in [-0.1, -0.05) is 49.9 Å². The molecular formula is C13H19ClN2O2. The Morgan fingerprint density at radius 3 is 2.78 bits per heavy atom. The Hall–Kier alpha value is -1.26. The lowest BCUT2D eigenvalue weighted by Crippen LogP contribution is -2.29. The Kier molecular flexibility index (Phi) is 7.22. The van der Waals surface area contributed by atoms with Crippen molar-refractivity contribution in [1.29, 1.82) is 0 Å². The van der Waals surface area contributed by atoms with Crippen LogP contribution in [-0.4, -0.2) is 12.6 Å². The van der Waals surface area contributed by atoms with Gasteiger partial charge in [-0.25, -0.2) is 10.3 Å². The number of urea groups is 1. The number of unbranched alkanes of at least 4 members (excludes halogenated alkanes) is 3. The van der Waals surface area contributed by atoms with Crippen molar-refractivity contribution in [2.24, 2.45) is 0 Å². The molecule has 18 heavy (non-hydrogen) atoms. The number of carbonyl (C=O) groups is 1. The summed E-state index contributed by atoms with van der Waals surface area (Å²) in [5.41, 5.74) is 2.89. The summed E-state index contributed by atoms with van der Waals surface area (Å²) in [6.45, 7) is 2.67. The highest BCUT2D eigenvalue weighted by Gasteiger charge is 2.03. The number of anilines is 1. The second kappa shape index (κ2) is 8.78. The van der Waals surface area contributed by atoms with Crippen molar-refractivity contribution in [3.8, 4) is 0 Å². The van der Waals surface area contributed by atoms with Gasteiger partial charge >= 0.3 is 6.03 Å². The molecule has 2 N–H and O–H groups in total. The quantitative estimate of drug-likeness (QED) is 0.582. The van der Waals surface area contributed by atoms with Gasteiger partial charge in [-0.2, -0.15) is 0 Å². The summed E-state index contributed by atoms with van der Waals surface area (Å²) >= 11 is 5.90. The summed E-state index contributed by atoms with van der Waals surface area (Å²) in [4.78, 5) is 16.5. The minimum Gasteiger partial charge on any atom is -0.305 e. The standard InChI is InChI=1S/C13H19ClN2O2/c1-2-3-4-7-10-18-16-13(17)15-12-9-6-5-8-11(12)14/h5-6,8-9H,2-4,7,10H2,1H3,(H2,15,16,17). The highest BCUT2D eigenvalue weighted by molar-refractivity contribution is 6.33. The largest absolute Gasteiger partial charge is 0.343 e. The molecule has 4 nitrogen and oxygen atoms in total. The normalized spacial score (nSPS) is 10.1. The number of carbonyl (C=O) groups excluding carboxylic acids is 1. The van der Waals surface area contributed by atoms with Crippen LogP contribution in [0.5, 0.6) is 0 Å². The van der Waals surface area contributed by atoms with Crippen molar-refractivity contribution in [1.82, 2.24) is 5.48 Å². The Morgan fingerprint density at radius 2 is 2.06 bits per heavy atom. The van der Waals surface area contributed by atoms with Gasteiger partial charge in [0.05, 0.1) is 17.3 Å². The van der Waals surface area contributed by atoms with Crippen LogP contribution >= 0.6 is 11.6 Å². The molecule has 0 spiro atoms. The number of amides is 2. The van der Waals surface area contributed by atoms with Crippen LogP contribution in [0.15, 0.2) is 24.3 Å². The maximum Gasteiger partial charge on any atom is 0.343 e. The number of hydrogen-bond acceptors (Lipinski definition) is 2. The molecule has 1 aromatic carbocycles. The lowest BCUT2D eigenvalue weighted by molar-refractivity contribution is 0.0632. The molecule has 0 aromatic heterocycles. The van der Waals surface area contributed by atoms with Gasteiger partial charge in [-0.3, -0.25) is 4.84 Å². The predicted octanol–water partition coefficient (Wildman–Crippen LogP) is 3.97. The molecule has 0 fully saturated rings. The first kappa shape index (κ1) is 14.8. The Balaban J connectivity index is 2.16. The van der Waals surface area contributed by atoms with Crippen LogP contribution in [0.1, 0.15) is 32.6 Å². The minimum absolute atomic E-state index is 0.418. The molecular weight excluding hydrogens is 252 g/mol. The number of benzene rings is 1. The van der Waals surface area contributed by atoms with Crippen LogP contribution in [0.4, 0.5) is 10.5 Å². The van der Waals surface area contributed by atoms with E-state index in [4.69, 9.17) is 16.4 Å². The molecule has 0 aliphatic rings. The average Bonchev–Trinajstić information content (AvgIpc) is 2.36. The van der Waals surface area contributed by atoms with Gasteiger partial charge in [0, 0.05) is 0 Å². The fraction of sp³-hybridized carbons (Fsp3) is 0.462. The number of rotatable bonds is 7. The van der Waals surface area contributed by atoms with E-state index in [9.17, 15) is 4.79 Å². The second-order valence-corrected chi connectivity index (χ2v) is 4.35. The van der Waals surface area contributed by atoms with E-state index in [0.717, 1.165) is 12.8 Å². The summed E-state index contributed by atoms with van der Waals surface area (Å²) in [6, 6.07) is 6.62. The van der Waals surface area contributed by atoms with Crippen molar-refractivity contribution >= 4 is 23.3 Å². The molecule has 0 aliphatic heterocycles. The fourth-order valence-electron chi connectivity index (χ4n) is 1.43. The summed E-state index contributed by atoms with van der Waals surface area (Å²) in [6.07, 6.45) is 4.43. The molecule has 0 bridgehead atoms. The van der Waals surface area contributed by atoms with E-state index in [-0.39, 0.29) is 0 Å². The Morgan fingerprint density at radius 1 is 1.28 bits per heavy atom. The third-order valence-corrected chi connectivity index (χ3v) is 2.72. The van der Waals surface area contributed by atoms with E-state index in [1.807, 2.05) is 0 Å². The first-order valence-corrected chi connectivity index (χ1v) is 6.55. The van der Waals surface area contributed by atoms with Crippen molar-refractivity contribution in [2.45, 2.75) is 32.6 Å². The van der Waals surface area contributed by atoms with Crippen LogP contribution in [0, 0.1) is 0 Å². The van der Waals surface area contributed by atoms with Gasteiger partial charge in [-0.15, -0.1) is 0 Å². The Bertz CT molecular complexity index is 372. The maximum atomic E-state index is 11.4. The Labute approximate surface area is 113 Å². The van der Waals surface area contributed by atoms with Gasteiger partial charge < -0.3 is 5.32 Å². The van der Waals surface area contributed by atoms with E-state index in [0.29, 0.717) is 17.3 Å². The second-order valence-electron chi connectivity index (χ2n) is 3.95. The molecule has 0 saturated heterocycles. The third-order valence-electron chi connectivity index (χ3n) is 2.39. The topological polar surface area (TPSA) is 50.4 Å². The van der Waals surface area contributed by atoms with Crippen molar-refractivity contribution < 1.29 is 9.63 Å². The monoisotopic (exact) mass is 270 g/mol. The summed E-state index contributed by atoms with van der Waals surface area (Å²) in [5.74, 6) is 0.